The smallest absolute Gasteiger partial charge is 0.232 e. The van der Waals surface area contributed by atoms with Crippen LogP contribution in [0.15, 0.2) is 24.3 Å². The van der Waals surface area contributed by atoms with Crippen molar-refractivity contribution in [2.45, 2.75) is 13.0 Å². The zero-order valence-corrected chi connectivity index (χ0v) is 12.0. The Labute approximate surface area is 118 Å². The number of methoxy groups -OCH3 is 1. The Kier molecular flexibility index (Phi) is 4.73. The second kappa shape index (κ2) is 6.33. The molecule has 0 aromatic heterocycles. The van der Waals surface area contributed by atoms with E-state index in [-0.39, 0.29) is 11.7 Å². The summed E-state index contributed by atoms with van der Waals surface area (Å²) in [6.07, 6.45) is 0.785. The summed E-state index contributed by atoms with van der Waals surface area (Å²) in [5, 5.41) is 3.23. The van der Waals surface area contributed by atoms with Gasteiger partial charge in [0.2, 0.25) is 5.91 Å². The minimum absolute atomic E-state index is 0.0775. The average Bonchev–Trinajstić information content (AvgIpc) is 2.90. The van der Waals surface area contributed by atoms with Gasteiger partial charge in [-0.3, -0.25) is 4.79 Å². The van der Waals surface area contributed by atoms with Crippen molar-refractivity contribution in [3.63, 3.8) is 0 Å². The van der Waals surface area contributed by atoms with Crippen molar-refractivity contribution in [2.24, 2.45) is 5.41 Å². The van der Waals surface area contributed by atoms with E-state index in [0.717, 1.165) is 18.5 Å². The fourth-order valence-corrected chi connectivity index (χ4v) is 2.73. The molecule has 1 aliphatic rings. The predicted molar refractivity (Wildman–Crippen MR) is 74.7 cm³/mol. The lowest BCUT2D eigenvalue weighted by molar-refractivity contribution is -0.143. The fourth-order valence-electron chi connectivity index (χ4n) is 2.73. The molecular weight excluding hydrogens is 259 g/mol. The van der Waals surface area contributed by atoms with Gasteiger partial charge in [0.15, 0.2) is 0 Å². The molecule has 20 heavy (non-hydrogen) atoms. The summed E-state index contributed by atoms with van der Waals surface area (Å²) in [7, 11) is 3.40. The summed E-state index contributed by atoms with van der Waals surface area (Å²) in [4.78, 5) is 14.4. The summed E-state index contributed by atoms with van der Waals surface area (Å²) in [6, 6.07) is 6.23. The van der Waals surface area contributed by atoms with E-state index in [1.54, 1.807) is 31.2 Å². The van der Waals surface area contributed by atoms with Crippen molar-refractivity contribution in [3.05, 3.63) is 35.6 Å². The fraction of sp³-hybridized carbons (Fsp3) is 0.533. The Morgan fingerprint density at radius 1 is 1.45 bits per heavy atom. The Hall–Kier alpha value is -1.46. The molecular formula is C15H21FN2O2. The van der Waals surface area contributed by atoms with Crippen LogP contribution >= 0.6 is 0 Å². The normalized spacial score (nSPS) is 21.9. The van der Waals surface area contributed by atoms with Crippen molar-refractivity contribution < 1.29 is 13.9 Å². The van der Waals surface area contributed by atoms with Gasteiger partial charge >= 0.3 is 0 Å². The molecule has 1 unspecified atom stereocenters. The van der Waals surface area contributed by atoms with Gasteiger partial charge in [0.25, 0.3) is 0 Å². The van der Waals surface area contributed by atoms with Gasteiger partial charge in [-0.1, -0.05) is 12.1 Å². The number of carbonyl (C=O) groups is 1. The molecule has 1 aromatic carbocycles. The maximum Gasteiger partial charge on any atom is 0.232 e. The Bertz CT molecular complexity index is 455. The minimum Gasteiger partial charge on any atom is -0.384 e. The highest BCUT2D eigenvalue weighted by molar-refractivity contribution is 5.83. The minimum atomic E-state index is -0.469. The van der Waals surface area contributed by atoms with Crippen molar-refractivity contribution in [3.8, 4) is 0 Å². The van der Waals surface area contributed by atoms with Crippen molar-refractivity contribution >= 4 is 5.91 Å². The third-order valence-corrected chi connectivity index (χ3v) is 3.80. The molecule has 1 amide bonds. The largest absolute Gasteiger partial charge is 0.384 e. The molecule has 2 rings (SSSR count). The highest BCUT2D eigenvalue weighted by Crippen LogP contribution is 2.28. The van der Waals surface area contributed by atoms with Crippen LogP contribution in [0.25, 0.3) is 0 Å². The first-order valence-electron chi connectivity index (χ1n) is 6.77. The van der Waals surface area contributed by atoms with E-state index >= 15 is 0 Å². The van der Waals surface area contributed by atoms with Gasteiger partial charge in [-0.2, -0.15) is 0 Å². The molecule has 5 heteroatoms. The number of carbonyl (C=O) groups excluding carboxylic acids is 1. The number of halogens is 1. The van der Waals surface area contributed by atoms with Crippen LogP contribution in [0.2, 0.25) is 0 Å². The van der Waals surface area contributed by atoms with Gasteiger partial charge in [-0.05, 0) is 30.7 Å². The molecule has 110 valence electrons. The molecule has 4 nitrogen and oxygen atoms in total. The highest BCUT2D eigenvalue weighted by atomic mass is 19.1. The van der Waals surface area contributed by atoms with Gasteiger partial charge in [0, 0.05) is 27.2 Å². The first-order valence-corrected chi connectivity index (χ1v) is 6.77. The quantitative estimate of drug-likeness (QED) is 0.886. The van der Waals surface area contributed by atoms with Crippen LogP contribution in [0.3, 0.4) is 0 Å². The lowest BCUT2D eigenvalue weighted by Gasteiger charge is -2.31. The van der Waals surface area contributed by atoms with Crippen LogP contribution < -0.4 is 5.32 Å². The molecule has 1 aromatic rings. The first-order chi connectivity index (χ1) is 9.57. The summed E-state index contributed by atoms with van der Waals surface area (Å²) in [5.74, 6) is -0.188. The predicted octanol–water partition coefficient (Wildman–Crippen LogP) is 1.41. The third-order valence-electron chi connectivity index (χ3n) is 3.80. The maximum absolute atomic E-state index is 12.9. The summed E-state index contributed by atoms with van der Waals surface area (Å²) in [6.45, 7) is 2.38. The molecule has 1 atom stereocenters. The number of amides is 1. The monoisotopic (exact) mass is 280 g/mol. The molecule has 0 bridgehead atoms. The van der Waals surface area contributed by atoms with Gasteiger partial charge < -0.3 is 15.0 Å². The number of hydrogen-bond donors (Lipinski definition) is 1. The summed E-state index contributed by atoms with van der Waals surface area (Å²) in [5.41, 5.74) is 0.449. The number of rotatable bonds is 5. The van der Waals surface area contributed by atoms with Gasteiger partial charge in [0.05, 0.1) is 12.0 Å². The van der Waals surface area contributed by atoms with E-state index < -0.39 is 5.41 Å². The van der Waals surface area contributed by atoms with Crippen LogP contribution in [-0.4, -0.2) is 44.7 Å². The second-order valence-corrected chi connectivity index (χ2v) is 5.43. The maximum atomic E-state index is 12.9. The van der Waals surface area contributed by atoms with E-state index in [0.29, 0.717) is 19.7 Å². The Balaban J connectivity index is 2.05. The van der Waals surface area contributed by atoms with Gasteiger partial charge in [-0.15, -0.1) is 0 Å². The number of nitrogens with zero attached hydrogens (tertiary/aromatic N) is 1. The van der Waals surface area contributed by atoms with Gasteiger partial charge in [-0.25, -0.2) is 4.39 Å². The molecule has 0 saturated carbocycles. The second-order valence-electron chi connectivity index (χ2n) is 5.43. The Morgan fingerprint density at radius 3 is 2.70 bits per heavy atom. The van der Waals surface area contributed by atoms with Crippen LogP contribution in [0.4, 0.5) is 4.39 Å². The van der Waals surface area contributed by atoms with Crippen LogP contribution in [0.5, 0.6) is 0 Å². The summed E-state index contributed by atoms with van der Waals surface area (Å²) < 4.78 is 18.1. The SMILES string of the molecule is COCC1(C(=O)N(C)Cc2ccc(F)cc2)CCNC1. The molecule has 0 spiro atoms. The van der Waals surface area contributed by atoms with E-state index in [1.807, 2.05) is 0 Å². The standard InChI is InChI=1S/C15H21FN2O2/c1-18(9-12-3-5-13(16)6-4-12)14(19)15(11-20-2)7-8-17-10-15/h3-6,17H,7-11H2,1-2H3. The van der Waals surface area contributed by atoms with Crippen molar-refractivity contribution in [2.75, 3.05) is 33.9 Å². The number of benzene rings is 1. The lowest BCUT2D eigenvalue weighted by Crippen LogP contribution is -2.46. The zero-order chi connectivity index (χ0) is 14.6. The molecule has 1 saturated heterocycles. The number of ether oxygens (including phenoxy) is 1. The van der Waals surface area contributed by atoms with E-state index in [1.165, 1.54) is 12.1 Å². The molecule has 0 aliphatic carbocycles. The van der Waals surface area contributed by atoms with E-state index in [2.05, 4.69) is 5.32 Å². The van der Waals surface area contributed by atoms with Crippen molar-refractivity contribution in [1.82, 2.24) is 10.2 Å². The van der Waals surface area contributed by atoms with Crippen LogP contribution in [0.1, 0.15) is 12.0 Å². The number of hydrogen-bond acceptors (Lipinski definition) is 3. The number of nitrogens with one attached hydrogen (secondary N) is 1. The van der Waals surface area contributed by atoms with E-state index in [4.69, 9.17) is 4.74 Å². The highest BCUT2D eigenvalue weighted by Gasteiger charge is 2.42. The Morgan fingerprint density at radius 2 is 2.15 bits per heavy atom. The molecule has 1 N–H and O–H groups in total. The first kappa shape index (κ1) is 14.9. The van der Waals surface area contributed by atoms with Gasteiger partial charge in [0.1, 0.15) is 5.82 Å². The average molecular weight is 280 g/mol. The molecule has 1 aliphatic heterocycles. The van der Waals surface area contributed by atoms with Crippen molar-refractivity contribution in [1.29, 1.82) is 0 Å². The molecule has 1 heterocycles. The lowest BCUT2D eigenvalue weighted by atomic mass is 9.86. The summed E-state index contributed by atoms with van der Waals surface area (Å²) >= 11 is 0. The van der Waals surface area contributed by atoms with Crippen LogP contribution in [0, 0.1) is 11.2 Å². The molecule has 0 radical (unpaired) electrons. The van der Waals surface area contributed by atoms with Crippen LogP contribution in [-0.2, 0) is 16.1 Å². The third kappa shape index (κ3) is 3.16. The topological polar surface area (TPSA) is 41.6 Å². The molecule has 1 fully saturated rings. The van der Waals surface area contributed by atoms with E-state index in [9.17, 15) is 9.18 Å². The zero-order valence-electron chi connectivity index (χ0n) is 12.0.